The van der Waals surface area contributed by atoms with Crippen molar-refractivity contribution < 1.29 is 4.79 Å². The minimum Gasteiger partial charge on any atom is -0.372 e. The third kappa shape index (κ3) is 5.61. The summed E-state index contributed by atoms with van der Waals surface area (Å²) in [5.74, 6) is -0.0224. The lowest BCUT2D eigenvalue weighted by Gasteiger charge is -2.22. The van der Waals surface area contributed by atoms with Gasteiger partial charge in [-0.05, 0) is 57.0 Å². The number of hydrogen-bond acceptors (Lipinski definition) is 3. The van der Waals surface area contributed by atoms with Crippen LogP contribution in [0.25, 0.3) is 0 Å². The average molecular weight is 339 g/mol. The van der Waals surface area contributed by atoms with Gasteiger partial charge in [-0.15, -0.1) is 0 Å². The van der Waals surface area contributed by atoms with Crippen LogP contribution in [0, 0.1) is 13.8 Å². The van der Waals surface area contributed by atoms with Crippen molar-refractivity contribution in [2.75, 3.05) is 29.9 Å². The Hall–Kier alpha value is -2.33. The van der Waals surface area contributed by atoms with E-state index in [9.17, 15) is 4.79 Å². The van der Waals surface area contributed by atoms with E-state index in [0.717, 1.165) is 24.3 Å². The standard InChI is InChI=1S/C21H29N3O/c1-5-24(6-2)19-11-12-20(17(4)13-19)23-21(25)15-22-14-18-9-7-16(3)8-10-18/h7-13,22H,5-6,14-15H2,1-4H3,(H,23,25). The van der Waals surface area contributed by atoms with Crippen LogP contribution in [0.2, 0.25) is 0 Å². The first kappa shape index (κ1) is 19.0. The second-order valence-electron chi connectivity index (χ2n) is 6.31. The van der Waals surface area contributed by atoms with E-state index < -0.39 is 0 Å². The van der Waals surface area contributed by atoms with Gasteiger partial charge in [-0.25, -0.2) is 0 Å². The molecule has 0 aromatic heterocycles. The number of carbonyl (C=O) groups is 1. The summed E-state index contributed by atoms with van der Waals surface area (Å²) in [7, 11) is 0. The number of aryl methyl sites for hydroxylation is 2. The monoisotopic (exact) mass is 339 g/mol. The molecule has 134 valence electrons. The van der Waals surface area contributed by atoms with Crippen LogP contribution in [0.1, 0.15) is 30.5 Å². The third-order valence-electron chi connectivity index (χ3n) is 4.35. The second kappa shape index (κ2) is 9.23. The van der Waals surface area contributed by atoms with Crippen LogP contribution in [0.15, 0.2) is 42.5 Å². The van der Waals surface area contributed by atoms with Gasteiger partial charge in [-0.1, -0.05) is 29.8 Å². The highest BCUT2D eigenvalue weighted by Gasteiger charge is 2.08. The number of amides is 1. The van der Waals surface area contributed by atoms with Gasteiger partial charge in [0.15, 0.2) is 0 Å². The maximum atomic E-state index is 12.2. The fourth-order valence-electron chi connectivity index (χ4n) is 2.79. The van der Waals surface area contributed by atoms with Gasteiger partial charge in [0.2, 0.25) is 5.91 Å². The molecule has 4 heteroatoms. The van der Waals surface area contributed by atoms with Crippen molar-refractivity contribution >= 4 is 17.3 Å². The predicted octanol–water partition coefficient (Wildman–Crippen LogP) is 3.88. The molecule has 0 aliphatic rings. The summed E-state index contributed by atoms with van der Waals surface area (Å²) in [5.41, 5.74) is 5.57. The summed E-state index contributed by atoms with van der Waals surface area (Å²) in [4.78, 5) is 14.4. The van der Waals surface area contributed by atoms with E-state index in [-0.39, 0.29) is 5.91 Å². The first-order valence-electron chi connectivity index (χ1n) is 8.95. The Balaban J connectivity index is 1.86. The normalized spacial score (nSPS) is 10.6. The minimum absolute atomic E-state index is 0.0224. The van der Waals surface area contributed by atoms with E-state index in [2.05, 4.69) is 72.7 Å². The number of nitrogens with zero attached hydrogens (tertiary/aromatic N) is 1. The first-order chi connectivity index (χ1) is 12.0. The molecule has 0 spiro atoms. The fraction of sp³-hybridized carbons (Fsp3) is 0.381. The van der Waals surface area contributed by atoms with Gasteiger partial charge in [0, 0.05) is 31.0 Å². The lowest BCUT2D eigenvalue weighted by Crippen LogP contribution is -2.28. The van der Waals surface area contributed by atoms with Crippen LogP contribution in [0.3, 0.4) is 0 Å². The molecule has 2 N–H and O–H groups in total. The van der Waals surface area contributed by atoms with Crippen LogP contribution in [0.4, 0.5) is 11.4 Å². The van der Waals surface area contributed by atoms with Crippen molar-refractivity contribution in [3.05, 3.63) is 59.2 Å². The van der Waals surface area contributed by atoms with E-state index in [1.54, 1.807) is 0 Å². The van der Waals surface area contributed by atoms with Crippen LogP contribution < -0.4 is 15.5 Å². The maximum absolute atomic E-state index is 12.2. The first-order valence-corrected chi connectivity index (χ1v) is 8.95. The molecule has 0 atom stereocenters. The van der Waals surface area contributed by atoms with Crippen molar-refractivity contribution in [1.29, 1.82) is 0 Å². The Labute approximate surface area is 151 Å². The Morgan fingerprint density at radius 3 is 2.28 bits per heavy atom. The summed E-state index contributed by atoms with van der Waals surface area (Å²) < 4.78 is 0. The largest absolute Gasteiger partial charge is 0.372 e. The van der Waals surface area contributed by atoms with Crippen LogP contribution in [-0.4, -0.2) is 25.5 Å². The summed E-state index contributed by atoms with van der Waals surface area (Å²) in [6, 6.07) is 14.5. The van der Waals surface area contributed by atoms with E-state index in [0.29, 0.717) is 13.1 Å². The van der Waals surface area contributed by atoms with E-state index in [4.69, 9.17) is 0 Å². The average Bonchev–Trinajstić information content (AvgIpc) is 2.60. The van der Waals surface area contributed by atoms with Gasteiger partial charge in [-0.3, -0.25) is 4.79 Å². The van der Waals surface area contributed by atoms with Crippen LogP contribution in [-0.2, 0) is 11.3 Å². The van der Waals surface area contributed by atoms with Gasteiger partial charge in [0.25, 0.3) is 0 Å². The van der Waals surface area contributed by atoms with E-state index in [1.807, 2.05) is 13.0 Å². The zero-order valence-electron chi connectivity index (χ0n) is 15.7. The molecule has 4 nitrogen and oxygen atoms in total. The van der Waals surface area contributed by atoms with E-state index >= 15 is 0 Å². The topological polar surface area (TPSA) is 44.4 Å². The highest BCUT2D eigenvalue weighted by molar-refractivity contribution is 5.93. The molecule has 2 rings (SSSR count). The molecule has 0 heterocycles. The maximum Gasteiger partial charge on any atom is 0.238 e. The zero-order valence-corrected chi connectivity index (χ0v) is 15.7. The molecule has 2 aromatic rings. The van der Waals surface area contributed by atoms with Gasteiger partial charge >= 0.3 is 0 Å². The molecule has 25 heavy (non-hydrogen) atoms. The quantitative estimate of drug-likeness (QED) is 0.767. The molecule has 0 saturated carbocycles. The molecular weight excluding hydrogens is 310 g/mol. The number of anilines is 2. The Kier molecular flexibility index (Phi) is 7.02. The fourth-order valence-corrected chi connectivity index (χ4v) is 2.79. The van der Waals surface area contributed by atoms with Gasteiger partial charge < -0.3 is 15.5 Å². The molecule has 0 fully saturated rings. The molecular formula is C21H29N3O. The van der Waals surface area contributed by atoms with Crippen molar-refractivity contribution in [3.8, 4) is 0 Å². The summed E-state index contributed by atoms with van der Waals surface area (Å²) >= 11 is 0. The van der Waals surface area contributed by atoms with Gasteiger partial charge in [-0.2, -0.15) is 0 Å². The predicted molar refractivity (Wildman–Crippen MR) is 106 cm³/mol. The molecule has 0 unspecified atom stereocenters. The molecule has 0 saturated heterocycles. The molecule has 0 radical (unpaired) electrons. The summed E-state index contributed by atoms with van der Waals surface area (Å²) in [6.07, 6.45) is 0. The van der Waals surface area contributed by atoms with Crippen LogP contribution in [0.5, 0.6) is 0 Å². The molecule has 0 aliphatic heterocycles. The number of carbonyl (C=O) groups excluding carboxylic acids is 1. The van der Waals surface area contributed by atoms with Gasteiger partial charge in [0.05, 0.1) is 6.54 Å². The van der Waals surface area contributed by atoms with Crippen LogP contribution >= 0.6 is 0 Å². The minimum atomic E-state index is -0.0224. The third-order valence-corrected chi connectivity index (χ3v) is 4.35. The highest BCUT2D eigenvalue weighted by atomic mass is 16.1. The lowest BCUT2D eigenvalue weighted by molar-refractivity contribution is -0.115. The molecule has 2 aromatic carbocycles. The number of nitrogens with one attached hydrogen (secondary N) is 2. The molecule has 0 bridgehead atoms. The van der Waals surface area contributed by atoms with Crippen molar-refractivity contribution in [1.82, 2.24) is 5.32 Å². The highest BCUT2D eigenvalue weighted by Crippen LogP contribution is 2.22. The van der Waals surface area contributed by atoms with Crippen molar-refractivity contribution in [3.63, 3.8) is 0 Å². The zero-order chi connectivity index (χ0) is 18.2. The number of benzene rings is 2. The Morgan fingerprint density at radius 1 is 1.00 bits per heavy atom. The van der Waals surface area contributed by atoms with Crippen molar-refractivity contribution in [2.24, 2.45) is 0 Å². The number of hydrogen-bond donors (Lipinski definition) is 2. The van der Waals surface area contributed by atoms with Gasteiger partial charge in [0.1, 0.15) is 0 Å². The summed E-state index contributed by atoms with van der Waals surface area (Å²) in [5, 5.41) is 6.18. The van der Waals surface area contributed by atoms with Crippen molar-refractivity contribution in [2.45, 2.75) is 34.2 Å². The van der Waals surface area contributed by atoms with E-state index in [1.165, 1.54) is 16.8 Å². The summed E-state index contributed by atoms with van der Waals surface area (Å²) in [6.45, 7) is 11.3. The smallest absolute Gasteiger partial charge is 0.238 e. The Morgan fingerprint density at radius 2 is 1.68 bits per heavy atom. The second-order valence-corrected chi connectivity index (χ2v) is 6.31. The molecule has 0 aliphatic carbocycles. The lowest BCUT2D eigenvalue weighted by atomic mass is 10.1. The SMILES string of the molecule is CCN(CC)c1ccc(NC(=O)CNCc2ccc(C)cc2)c(C)c1. The molecule has 1 amide bonds. The Bertz CT molecular complexity index is 691. The number of rotatable bonds is 8.